The lowest BCUT2D eigenvalue weighted by Crippen LogP contribution is -2.09. The van der Waals surface area contributed by atoms with E-state index in [4.69, 9.17) is 19.8 Å². The smallest absolute Gasteiger partial charge is 0.414 e. The number of fused-ring (bicyclic) bond motifs is 1. The van der Waals surface area contributed by atoms with Gasteiger partial charge in [0.2, 0.25) is 0 Å². The van der Waals surface area contributed by atoms with E-state index in [9.17, 15) is 0 Å². The van der Waals surface area contributed by atoms with Gasteiger partial charge in [-0.15, -0.1) is 0 Å². The summed E-state index contributed by atoms with van der Waals surface area (Å²) in [6.07, 6.45) is 5.68. The van der Waals surface area contributed by atoms with Crippen molar-refractivity contribution in [1.82, 2.24) is 0 Å². The highest BCUT2D eigenvalue weighted by Crippen LogP contribution is 2.17. The number of nitrogens with one attached hydrogen (secondary N) is 1. The van der Waals surface area contributed by atoms with Crippen LogP contribution in [0.3, 0.4) is 0 Å². The van der Waals surface area contributed by atoms with Gasteiger partial charge in [0.1, 0.15) is 0 Å². The topological polar surface area (TPSA) is 99.0 Å². The molecular formula is C11H10N2O4. The normalized spacial score (nSPS) is 11.3. The van der Waals surface area contributed by atoms with E-state index in [2.05, 4.69) is 10.5 Å². The molecule has 6 heteroatoms. The molecule has 88 valence electrons. The first-order valence-electron chi connectivity index (χ1n) is 4.62. The van der Waals surface area contributed by atoms with Gasteiger partial charge < -0.3 is 10.2 Å². The SMILES string of the molecule is C1=Cc2ccccc2NN=C1.O=C(O)C(=O)O. The minimum Gasteiger partial charge on any atom is -0.473 e. The fourth-order valence-corrected chi connectivity index (χ4v) is 1.04. The Morgan fingerprint density at radius 1 is 1.12 bits per heavy atom. The van der Waals surface area contributed by atoms with Gasteiger partial charge in [-0.1, -0.05) is 24.3 Å². The maximum Gasteiger partial charge on any atom is 0.414 e. The van der Waals surface area contributed by atoms with Crippen molar-refractivity contribution >= 4 is 29.9 Å². The Bertz CT molecular complexity index is 468. The number of rotatable bonds is 0. The number of benzene rings is 1. The van der Waals surface area contributed by atoms with Gasteiger partial charge in [-0.25, -0.2) is 9.59 Å². The average molecular weight is 234 g/mol. The third-order valence-electron chi connectivity index (χ3n) is 1.77. The van der Waals surface area contributed by atoms with Crippen LogP contribution in [0.4, 0.5) is 5.69 Å². The minimum absolute atomic E-state index is 1.05. The van der Waals surface area contributed by atoms with Gasteiger partial charge in [-0.3, -0.25) is 5.43 Å². The third kappa shape index (κ3) is 4.17. The number of carboxylic acid groups (broad SMARTS) is 2. The van der Waals surface area contributed by atoms with Crippen LogP contribution in [0.25, 0.3) is 6.08 Å². The van der Waals surface area contributed by atoms with Crippen LogP contribution in [0, 0.1) is 0 Å². The molecule has 0 bridgehead atoms. The number of carboxylic acids is 2. The number of anilines is 1. The Balaban J connectivity index is 0.000000209. The molecule has 1 aliphatic rings. The van der Waals surface area contributed by atoms with Crippen LogP contribution >= 0.6 is 0 Å². The van der Waals surface area contributed by atoms with Gasteiger partial charge in [0.25, 0.3) is 0 Å². The van der Waals surface area contributed by atoms with E-state index in [-0.39, 0.29) is 0 Å². The largest absolute Gasteiger partial charge is 0.473 e. The second-order valence-corrected chi connectivity index (χ2v) is 2.95. The van der Waals surface area contributed by atoms with Crippen LogP contribution in [0.2, 0.25) is 0 Å². The van der Waals surface area contributed by atoms with Crippen molar-refractivity contribution in [3.8, 4) is 0 Å². The van der Waals surface area contributed by atoms with E-state index < -0.39 is 11.9 Å². The van der Waals surface area contributed by atoms with Crippen molar-refractivity contribution in [2.45, 2.75) is 0 Å². The van der Waals surface area contributed by atoms with Crippen LogP contribution < -0.4 is 5.43 Å². The lowest BCUT2D eigenvalue weighted by molar-refractivity contribution is -0.159. The molecule has 6 nitrogen and oxygen atoms in total. The number of para-hydroxylation sites is 1. The molecule has 1 aromatic rings. The van der Waals surface area contributed by atoms with E-state index >= 15 is 0 Å². The fraction of sp³-hybridized carbons (Fsp3) is 0. The molecule has 0 aliphatic carbocycles. The van der Waals surface area contributed by atoms with Gasteiger partial charge in [-0.05, 0) is 17.7 Å². The fourth-order valence-electron chi connectivity index (χ4n) is 1.04. The molecule has 0 aromatic heterocycles. The molecule has 1 aromatic carbocycles. The number of carbonyl (C=O) groups is 2. The van der Waals surface area contributed by atoms with Gasteiger partial charge >= 0.3 is 11.9 Å². The number of aliphatic carboxylic acids is 2. The molecule has 0 atom stereocenters. The van der Waals surface area contributed by atoms with Crippen molar-refractivity contribution in [3.63, 3.8) is 0 Å². The van der Waals surface area contributed by atoms with Crippen molar-refractivity contribution in [1.29, 1.82) is 0 Å². The first-order valence-corrected chi connectivity index (χ1v) is 4.62. The molecule has 0 radical (unpaired) electrons. The Kier molecular flexibility index (Phi) is 4.44. The van der Waals surface area contributed by atoms with Gasteiger partial charge in [0, 0.05) is 6.21 Å². The second-order valence-electron chi connectivity index (χ2n) is 2.95. The summed E-state index contributed by atoms with van der Waals surface area (Å²) in [5.74, 6) is -3.65. The molecule has 0 saturated carbocycles. The second kappa shape index (κ2) is 6.06. The van der Waals surface area contributed by atoms with E-state index in [0.29, 0.717) is 0 Å². The molecule has 1 aliphatic heterocycles. The Morgan fingerprint density at radius 2 is 1.76 bits per heavy atom. The van der Waals surface area contributed by atoms with E-state index in [1.54, 1.807) is 6.21 Å². The summed E-state index contributed by atoms with van der Waals surface area (Å²) in [4.78, 5) is 18.2. The zero-order chi connectivity index (χ0) is 12.7. The minimum atomic E-state index is -1.82. The van der Waals surface area contributed by atoms with Crippen molar-refractivity contribution < 1.29 is 19.8 Å². The first kappa shape index (κ1) is 12.4. The maximum atomic E-state index is 9.10. The summed E-state index contributed by atoms with van der Waals surface area (Å²) in [5, 5.41) is 18.7. The summed E-state index contributed by atoms with van der Waals surface area (Å²) in [6, 6.07) is 8.05. The van der Waals surface area contributed by atoms with Crippen LogP contribution in [0.5, 0.6) is 0 Å². The Labute approximate surface area is 96.9 Å². The van der Waals surface area contributed by atoms with Crippen LogP contribution in [0.1, 0.15) is 5.56 Å². The Morgan fingerprint density at radius 3 is 2.41 bits per heavy atom. The van der Waals surface area contributed by atoms with Crippen molar-refractivity contribution in [3.05, 3.63) is 35.9 Å². The third-order valence-corrected chi connectivity index (χ3v) is 1.77. The molecule has 1 heterocycles. The number of nitrogens with zero attached hydrogens (tertiary/aromatic N) is 1. The summed E-state index contributed by atoms with van der Waals surface area (Å²) in [6.45, 7) is 0. The molecule has 0 spiro atoms. The lowest BCUT2D eigenvalue weighted by atomic mass is 10.2. The Hall–Kier alpha value is -2.63. The van der Waals surface area contributed by atoms with Gasteiger partial charge in [0.15, 0.2) is 0 Å². The van der Waals surface area contributed by atoms with Crippen LogP contribution in [-0.2, 0) is 9.59 Å². The molecule has 0 unspecified atom stereocenters. The summed E-state index contributed by atoms with van der Waals surface area (Å²) in [7, 11) is 0. The molecule has 0 amide bonds. The van der Waals surface area contributed by atoms with E-state index in [1.165, 1.54) is 5.56 Å². The molecule has 0 saturated heterocycles. The highest BCUT2D eigenvalue weighted by Gasteiger charge is 2.04. The molecular weight excluding hydrogens is 224 g/mol. The highest BCUT2D eigenvalue weighted by molar-refractivity contribution is 6.27. The summed E-state index contributed by atoms with van der Waals surface area (Å²) < 4.78 is 0. The van der Waals surface area contributed by atoms with E-state index in [0.717, 1.165) is 5.69 Å². The first-order chi connectivity index (χ1) is 8.11. The monoisotopic (exact) mass is 234 g/mol. The molecule has 0 fully saturated rings. The number of allylic oxidation sites excluding steroid dienone is 1. The molecule has 2 rings (SSSR count). The molecule has 17 heavy (non-hydrogen) atoms. The summed E-state index contributed by atoms with van der Waals surface area (Å²) >= 11 is 0. The van der Waals surface area contributed by atoms with Gasteiger partial charge in [-0.2, -0.15) is 5.10 Å². The predicted octanol–water partition coefficient (Wildman–Crippen LogP) is 1.27. The summed E-state index contributed by atoms with van der Waals surface area (Å²) in [5.41, 5.74) is 5.16. The highest BCUT2D eigenvalue weighted by atomic mass is 16.4. The molecule has 3 N–H and O–H groups in total. The van der Waals surface area contributed by atoms with Crippen molar-refractivity contribution in [2.24, 2.45) is 5.10 Å². The zero-order valence-corrected chi connectivity index (χ0v) is 8.70. The predicted molar refractivity (Wildman–Crippen MR) is 62.9 cm³/mol. The zero-order valence-electron chi connectivity index (χ0n) is 8.70. The van der Waals surface area contributed by atoms with E-state index in [1.807, 2.05) is 36.4 Å². The van der Waals surface area contributed by atoms with Gasteiger partial charge in [0.05, 0.1) is 5.69 Å². The number of hydrazone groups is 1. The quantitative estimate of drug-likeness (QED) is 0.587. The average Bonchev–Trinajstić information content (AvgIpc) is 2.54. The standard InChI is InChI=1S/C9H8N2.C2H2O4/c1-2-6-9-8(4-1)5-3-7-10-11-9;3-1(4)2(5)6/h1-7,11H;(H,3,4)(H,5,6). The van der Waals surface area contributed by atoms with Crippen LogP contribution in [0.15, 0.2) is 35.4 Å². The van der Waals surface area contributed by atoms with Crippen molar-refractivity contribution in [2.75, 3.05) is 5.43 Å². The maximum absolute atomic E-state index is 9.10. The lowest BCUT2D eigenvalue weighted by Gasteiger charge is -2.00. The number of hydrogen-bond donors (Lipinski definition) is 3. The number of hydrogen-bond acceptors (Lipinski definition) is 4. The van der Waals surface area contributed by atoms with Crippen LogP contribution in [-0.4, -0.2) is 28.4 Å².